The second-order valence-electron chi connectivity index (χ2n) is 30.9. The monoisotopic (exact) mass is 2110 g/mol. The van der Waals surface area contributed by atoms with Gasteiger partial charge in [-0.3, -0.25) is 33.6 Å². The van der Waals surface area contributed by atoms with E-state index in [1.807, 2.05) is 13.8 Å². The van der Waals surface area contributed by atoms with Crippen molar-refractivity contribution in [2.45, 2.75) is 90.9 Å². The summed E-state index contributed by atoms with van der Waals surface area (Å²) in [6, 6.07) is 13.2. The number of nitrogens with one attached hydrogen (secondary N) is 3. The van der Waals surface area contributed by atoms with Gasteiger partial charge >= 0.3 is 29.8 Å². The van der Waals surface area contributed by atoms with Crippen molar-refractivity contribution in [3.63, 3.8) is 0 Å². The van der Waals surface area contributed by atoms with Gasteiger partial charge in [0.1, 0.15) is 57.7 Å². The number of carbonyl (C=O) groups is 8. The maximum atomic E-state index is 14.0. The molecular formula is C93H131Cl3N14O35. The number of aromatic nitrogens is 4. The molecule has 4 aliphatic heterocycles. The summed E-state index contributed by atoms with van der Waals surface area (Å²) in [7, 11) is 0. The lowest BCUT2D eigenvalue weighted by molar-refractivity contribution is -0.189. The van der Waals surface area contributed by atoms with E-state index in [-0.39, 0.29) is 104 Å². The molecule has 0 radical (unpaired) electrons. The number of carboxylic acids is 1. The van der Waals surface area contributed by atoms with Crippen LogP contribution in [0, 0.1) is 0 Å². The molecule has 0 unspecified atom stereocenters. The summed E-state index contributed by atoms with van der Waals surface area (Å²) in [6.45, 7) is 19.0. The molecule has 52 heteroatoms. The number of esters is 4. The normalized spacial score (nSPS) is 14.2. The molecule has 49 nitrogen and oxygen atoms in total. The van der Waals surface area contributed by atoms with Crippen molar-refractivity contribution in [2.24, 2.45) is 16.0 Å². The van der Waals surface area contributed by atoms with E-state index in [2.05, 4.69) is 40.7 Å². The summed E-state index contributed by atoms with van der Waals surface area (Å²) < 4.78 is 121. The fourth-order valence-electron chi connectivity index (χ4n) is 14.8. The molecule has 10 rings (SSSR count). The summed E-state index contributed by atoms with van der Waals surface area (Å²) in [5.41, 5.74) is 25.4. The van der Waals surface area contributed by atoms with Gasteiger partial charge in [0.2, 0.25) is 28.9 Å². The highest BCUT2D eigenvalue weighted by Crippen LogP contribution is 2.45. The first-order chi connectivity index (χ1) is 70.0. The van der Waals surface area contributed by atoms with Gasteiger partial charge in [-0.25, -0.2) is 24.4 Å². The number of phenolic OH excluding ortho intramolecular Hbond substituents is 2. The number of aryl methyl sites for hydroxylation is 2. The lowest BCUT2D eigenvalue weighted by Gasteiger charge is -2.35. The number of pyridine rings is 4. The van der Waals surface area contributed by atoms with Crippen LogP contribution >= 0.6 is 35.6 Å². The SMILES string of the molecule is CCc1c2c(nc3ccc(O)cc13)-c1cc3c(c(=O)n1C2)COC(=O)[C@@]3(CC)OC(=O)CN.CCc1c2c(nc3ccc(O)cc13)-c1cc3c(c(=O)n1C2)COC(=O)[C@@]3(CC)OC(=O)CNC(=O)COCC(=O)NCCOCCOCCOCCOCCOCCOCCOCCOCCN=[N+]=[N-].Cl.ClCCl.[N-]=[N+]=NCCOCCOCCOCCOCCOCCOCCOCCOCCNC(=O)COCC(=O)O. The third-order valence-electron chi connectivity index (χ3n) is 21.5. The van der Waals surface area contributed by atoms with Crippen molar-refractivity contribution >= 4 is 105 Å². The van der Waals surface area contributed by atoms with Gasteiger partial charge in [-0.05, 0) is 96.4 Å². The zero-order chi connectivity index (χ0) is 104. The molecule has 0 aliphatic carbocycles. The van der Waals surface area contributed by atoms with E-state index in [1.165, 1.54) is 6.07 Å². The second kappa shape index (κ2) is 70.9. The molecular weight excluding hydrogens is 1980 g/mol. The molecule has 4 aliphatic rings. The van der Waals surface area contributed by atoms with Crippen molar-refractivity contribution in [2.75, 3.05) is 282 Å². The quantitative estimate of drug-likeness (QED) is 0.00505. The number of benzene rings is 2. The number of phenols is 2. The fourth-order valence-corrected chi connectivity index (χ4v) is 14.8. The number of hydrogen-bond donors (Lipinski definition) is 7. The minimum Gasteiger partial charge on any atom is -0.508 e. The Kier molecular flexibility index (Phi) is 60.1. The van der Waals surface area contributed by atoms with Crippen LogP contribution in [0.4, 0.5) is 0 Å². The number of halogens is 3. The second-order valence-corrected chi connectivity index (χ2v) is 31.7. The van der Waals surface area contributed by atoms with Crippen LogP contribution in [0.3, 0.4) is 0 Å². The van der Waals surface area contributed by atoms with E-state index >= 15 is 0 Å². The lowest BCUT2D eigenvalue weighted by Crippen LogP contribution is -2.49. The Balaban J connectivity index is 0.000000359. The number of ether oxygens (including phenoxy) is 22. The predicted octanol–water partition coefficient (Wildman–Crippen LogP) is 4.94. The van der Waals surface area contributed by atoms with Gasteiger partial charge in [-0.2, -0.15) is 0 Å². The smallest absolute Gasteiger partial charge is 0.355 e. The summed E-state index contributed by atoms with van der Waals surface area (Å²) in [6.07, 6.45) is 1.32. The van der Waals surface area contributed by atoms with Crippen LogP contribution in [0.15, 0.2) is 68.3 Å². The first-order valence-corrected chi connectivity index (χ1v) is 48.0. The van der Waals surface area contributed by atoms with Crippen LogP contribution in [0.5, 0.6) is 11.5 Å². The molecule has 0 spiro atoms. The molecule has 145 heavy (non-hydrogen) atoms. The summed E-state index contributed by atoms with van der Waals surface area (Å²) >= 11 is 9.53. The minimum absolute atomic E-state index is 0. The number of nitrogens with zero attached hydrogens (tertiary/aromatic N) is 10. The molecule has 0 fully saturated rings. The molecule has 8 N–H and O–H groups in total. The molecule has 0 bridgehead atoms. The van der Waals surface area contributed by atoms with E-state index in [9.17, 15) is 58.2 Å². The molecule has 2 aromatic carbocycles. The van der Waals surface area contributed by atoms with Gasteiger partial charge in [0.15, 0.2) is 0 Å². The number of alkyl halides is 2. The molecule has 804 valence electrons. The maximum absolute atomic E-state index is 14.0. The number of hydrogen-bond acceptors (Lipinski definition) is 39. The third-order valence-corrected chi connectivity index (χ3v) is 21.5. The number of amides is 3. The van der Waals surface area contributed by atoms with E-state index in [4.69, 9.17) is 155 Å². The van der Waals surface area contributed by atoms with Gasteiger partial charge < -0.3 is 150 Å². The number of cyclic esters (lactones) is 2. The Hall–Kier alpha value is -10.7. The Morgan fingerprint density at radius 2 is 0.731 bits per heavy atom. The highest BCUT2D eigenvalue weighted by atomic mass is 35.5. The van der Waals surface area contributed by atoms with Crippen LogP contribution < -0.4 is 32.8 Å². The fraction of sp³-hybridized carbons (Fsp3) is 0.613. The van der Waals surface area contributed by atoms with Crippen LogP contribution in [0.1, 0.15) is 85.0 Å². The first-order valence-electron chi connectivity index (χ1n) is 46.9. The number of azide groups is 2. The van der Waals surface area contributed by atoms with Crippen molar-refractivity contribution in [3.05, 3.63) is 135 Å². The third kappa shape index (κ3) is 41.1. The van der Waals surface area contributed by atoms with Gasteiger partial charge in [-0.15, -0.1) is 35.6 Å². The van der Waals surface area contributed by atoms with E-state index in [1.54, 1.807) is 65.4 Å². The summed E-state index contributed by atoms with van der Waals surface area (Å²) in [5, 5.41) is 44.6. The van der Waals surface area contributed by atoms with E-state index < -0.39 is 97.2 Å². The number of nitrogens with two attached hydrogens (primary N) is 1. The zero-order valence-corrected chi connectivity index (χ0v) is 84.1. The Bertz CT molecular complexity index is 5270. The van der Waals surface area contributed by atoms with Crippen LogP contribution in [0.25, 0.3) is 65.5 Å². The van der Waals surface area contributed by atoms with Crippen molar-refractivity contribution in [3.8, 4) is 34.3 Å². The Labute approximate surface area is 851 Å². The average molecular weight is 2110 g/mol. The maximum Gasteiger partial charge on any atom is 0.355 e. The van der Waals surface area contributed by atoms with Crippen LogP contribution in [-0.4, -0.2) is 364 Å². The van der Waals surface area contributed by atoms with Crippen LogP contribution in [-0.2, 0) is 193 Å². The number of aromatic hydroxyl groups is 2. The highest BCUT2D eigenvalue weighted by molar-refractivity contribution is 6.40. The van der Waals surface area contributed by atoms with Gasteiger partial charge in [0, 0.05) is 69.0 Å². The molecule has 2 atom stereocenters. The van der Waals surface area contributed by atoms with Gasteiger partial charge in [0.05, 0.1) is 281 Å². The van der Waals surface area contributed by atoms with Crippen molar-refractivity contribution < 1.29 is 158 Å². The van der Waals surface area contributed by atoms with E-state index in [0.717, 1.165) is 33.0 Å². The van der Waals surface area contributed by atoms with Crippen molar-refractivity contribution in [1.29, 1.82) is 0 Å². The average Bonchev–Trinajstić information content (AvgIpc) is 1.60. The van der Waals surface area contributed by atoms with E-state index in [0.29, 0.717) is 283 Å². The lowest BCUT2D eigenvalue weighted by atomic mass is 9.85. The standard InChI is InChI=1S/C46H63N7O17.C24H23N3O6.C22H42N4O12.CH2Cl2.ClH/c1-3-33-34-25-32(54)5-6-38(34)51-43-35(33)28-53-39(43)26-37-36(44(53)58)29-69-45(59)46(37,4-2)70-42(57)27-49-41(56)31-68-30-40(55)48-7-9-60-11-13-62-15-17-64-19-21-66-23-24-67-22-20-65-18-16-63-14-12-61-10-8-50-52-47;1-3-13-14-7-12(28)5-6-18(14)26-21-15(13)10-27-19(21)8-17-16(22(27)30)11-32-23(31)24(17,4-2)33-20(29)9-25;23-26-25-2-4-31-6-8-33-10-12-35-14-16-37-18-17-36-15-13-34-11-9-32-7-5-30-3-1-24-21(27)19-38-20-22(28)29;2-1-3;/h5-6,25-26,54H,3-4,7-24,27-31H2,1-2H3,(H,48,55)(H,49,56);5-8,28H,3-4,9-11,25H2,1-2H3;1-20H2,(H,24,27)(H,28,29);1H2;1H/t46-;24-;;;/m00.../s1. The minimum atomic E-state index is -1.97. The number of rotatable bonds is 71. The number of carboxylic acid groups (broad SMARTS) is 1. The number of aliphatic carboxylic acids is 1. The molecule has 4 aromatic heterocycles. The Morgan fingerprint density at radius 3 is 1.03 bits per heavy atom. The zero-order valence-electron chi connectivity index (χ0n) is 81.8. The van der Waals surface area contributed by atoms with Crippen molar-refractivity contribution in [1.82, 2.24) is 35.1 Å². The topological polar surface area (TPSA) is 630 Å². The largest absolute Gasteiger partial charge is 0.508 e. The molecule has 3 amide bonds. The van der Waals surface area contributed by atoms with Gasteiger partial charge in [0.25, 0.3) is 11.1 Å². The number of carbonyl (C=O) groups excluding carboxylic acids is 7. The molecule has 6 aromatic rings. The summed E-state index contributed by atoms with van der Waals surface area (Å²) in [4.78, 5) is 140. The Morgan fingerprint density at radius 1 is 0.434 bits per heavy atom. The number of fused-ring (bicyclic) bond motifs is 10. The van der Waals surface area contributed by atoms with Crippen LogP contribution in [0.2, 0.25) is 0 Å². The first kappa shape index (κ1) is 123. The summed E-state index contributed by atoms with van der Waals surface area (Å²) in [5.74, 6) is -5.78. The highest BCUT2D eigenvalue weighted by Gasteiger charge is 2.52. The predicted molar refractivity (Wildman–Crippen MR) is 521 cm³/mol. The molecule has 0 saturated heterocycles. The molecule has 0 saturated carbocycles. The molecule has 8 heterocycles. The van der Waals surface area contributed by atoms with Gasteiger partial charge in [-0.1, -0.05) is 37.9 Å².